The fourth-order valence-electron chi connectivity index (χ4n) is 2.58. The lowest BCUT2D eigenvalue weighted by atomic mass is 10.1. The minimum Gasteiger partial charge on any atom is -0.356 e. The zero-order valence-electron chi connectivity index (χ0n) is 13.9. The Morgan fingerprint density at radius 2 is 1.04 bits per heavy atom. The number of nitrogens with one attached hydrogen (secondary N) is 4. The third-order valence-corrected chi connectivity index (χ3v) is 3.79. The van der Waals surface area contributed by atoms with Gasteiger partial charge in [0, 0.05) is 26.2 Å². The zero-order chi connectivity index (χ0) is 14.6. The van der Waals surface area contributed by atoms with Crippen molar-refractivity contribution < 1.29 is 0 Å². The Kier molecular flexibility index (Phi) is 15.5. The van der Waals surface area contributed by atoms with Gasteiger partial charge >= 0.3 is 0 Å². The molecule has 0 radical (unpaired) electrons. The second kappa shape index (κ2) is 15.5. The van der Waals surface area contributed by atoms with Crippen LogP contribution in [0.15, 0.2) is 9.98 Å². The van der Waals surface area contributed by atoms with Crippen molar-refractivity contribution in [2.75, 3.05) is 39.3 Å². The maximum atomic E-state index is 4.32. The number of hydrogen-bond acceptors (Lipinski definition) is 6. The Hall–Kier alpha value is 0. The molecule has 0 aromatic carbocycles. The molecule has 0 spiro atoms. The number of aliphatic imine (C=N–C) groups is 2. The molecule has 0 bridgehead atoms. The van der Waals surface area contributed by atoms with E-state index in [0.717, 1.165) is 51.2 Å². The highest BCUT2D eigenvalue weighted by Crippen LogP contribution is 2.06. The van der Waals surface area contributed by atoms with Crippen LogP contribution in [-0.4, -0.2) is 51.2 Å². The van der Waals surface area contributed by atoms with Gasteiger partial charge in [0.25, 0.3) is 0 Å². The first-order chi connectivity index (χ1) is 10.4. The topological polar surface area (TPSA) is 72.8 Å². The second-order valence-corrected chi connectivity index (χ2v) is 5.64. The Balaban J connectivity index is 0.00000242. The predicted molar refractivity (Wildman–Crippen MR) is 120 cm³/mol. The van der Waals surface area contributed by atoms with Crippen LogP contribution >= 0.6 is 48.0 Å². The summed E-state index contributed by atoms with van der Waals surface area (Å²) in [6, 6.07) is 0. The molecule has 136 valence electrons. The van der Waals surface area contributed by atoms with E-state index in [2.05, 4.69) is 31.3 Å². The summed E-state index contributed by atoms with van der Waals surface area (Å²) in [6.45, 7) is 5.90. The molecule has 6 nitrogen and oxygen atoms in total. The van der Waals surface area contributed by atoms with Crippen molar-refractivity contribution in [1.82, 2.24) is 21.3 Å². The number of nitrogens with zero attached hydrogens (tertiary/aromatic N) is 2. The summed E-state index contributed by atoms with van der Waals surface area (Å²) in [5, 5.41) is 13.1. The van der Waals surface area contributed by atoms with E-state index < -0.39 is 0 Å². The molecule has 2 heterocycles. The zero-order valence-corrected chi connectivity index (χ0v) is 18.6. The summed E-state index contributed by atoms with van der Waals surface area (Å²) in [4.78, 5) is 8.63. The van der Waals surface area contributed by atoms with Crippen LogP contribution in [-0.2, 0) is 0 Å². The van der Waals surface area contributed by atoms with Gasteiger partial charge in [0.2, 0.25) is 0 Å². The van der Waals surface area contributed by atoms with Gasteiger partial charge in [0.1, 0.15) is 0 Å². The van der Waals surface area contributed by atoms with Gasteiger partial charge in [0.15, 0.2) is 11.9 Å². The molecule has 8 heteroatoms. The molecular formula is C15H32I2N6. The van der Waals surface area contributed by atoms with Crippen molar-refractivity contribution in [1.29, 1.82) is 0 Å². The summed E-state index contributed by atoms with van der Waals surface area (Å²) < 4.78 is 0. The molecule has 4 N–H and O–H groups in total. The van der Waals surface area contributed by atoms with Gasteiger partial charge in [-0.2, -0.15) is 0 Å². The maximum Gasteiger partial charge on any atom is 0.191 e. The third-order valence-electron chi connectivity index (χ3n) is 3.79. The van der Waals surface area contributed by atoms with Gasteiger partial charge < -0.3 is 21.3 Å². The Morgan fingerprint density at radius 1 is 0.652 bits per heavy atom. The third kappa shape index (κ3) is 11.2. The fraction of sp³-hybridized carbons (Fsp3) is 0.867. The van der Waals surface area contributed by atoms with Crippen molar-refractivity contribution in [3.63, 3.8) is 0 Å². The van der Waals surface area contributed by atoms with Gasteiger partial charge in [-0.3, -0.25) is 9.98 Å². The summed E-state index contributed by atoms with van der Waals surface area (Å²) in [7, 11) is 0. The van der Waals surface area contributed by atoms with E-state index >= 15 is 0 Å². The van der Waals surface area contributed by atoms with Crippen LogP contribution in [0.1, 0.15) is 44.9 Å². The predicted octanol–water partition coefficient (Wildman–Crippen LogP) is 2.05. The lowest BCUT2D eigenvalue weighted by Gasteiger charge is -2.07. The molecule has 0 saturated heterocycles. The highest BCUT2D eigenvalue weighted by Gasteiger charge is 2.03. The standard InChI is InChI=1S/C15H30N6.2HI/c1(2-4-6-8-16-14-18-10-11-19-14)3-5-7-9-17-15-20-12-13-21-15;;/h1-13H2,(H2,16,18,19)(H2,17,20,21);2*1H. The molecule has 23 heavy (non-hydrogen) atoms. The molecule has 0 aromatic heterocycles. The minimum absolute atomic E-state index is 0. The summed E-state index contributed by atoms with van der Waals surface area (Å²) in [6.07, 6.45) is 9.19. The Labute approximate surface area is 174 Å². The lowest BCUT2D eigenvalue weighted by molar-refractivity contribution is 0.572. The number of hydrogen-bond donors (Lipinski definition) is 4. The van der Waals surface area contributed by atoms with Crippen LogP contribution in [0.5, 0.6) is 0 Å². The van der Waals surface area contributed by atoms with Crippen molar-refractivity contribution >= 4 is 59.9 Å². The molecule has 0 fully saturated rings. The number of rotatable bonds is 10. The van der Waals surface area contributed by atoms with Gasteiger partial charge in [-0.15, -0.1) is 48.0 Å². The van der Waals surface area contributed by atoms with Crippen LogP contribution in [0, 0.1) is 0 Å². The van der Waals surface area contributed by atoms with Gasteiger partial charge in [-0.05, 0) is 12.8 Å². The quantitative estimate of drug-likeness (QED) is 0.249. The SMILES string of the molecule is C(CCCCNC1=NCCN1)CCCCNC1=NCCN1.I.I. The molecule has 2 aliphatic heterocycles. The van der Waals surface area contributed by atoms with Crippen molar-refractivity contribution in [3.8, 4) is 0 Å². The van der Waals surface area contributed by atoms with Crippen molar-refractivity contribution in [2.24, 2.45) is 9.98 Å². The molecule has 0 aliphatic carbocycles. The monoisotopic (exact) mass is 550 g/mol. The first-order valence-electron chi connectivity index (χ1n) is 8.49. The van der Waals surface area contributed by atoms with Gasteiger partial charge in [-0.25, -0.2) is 0 Å². The van der Waals surface area contributed by atoms with E-state index in [0.29, 0.717) is 0 Å². The van der Waals surface area contributed by atoms with E-state index in [1.54, 1.807) is 0 Å². The second-order valence-electron chi connectivity index (χ2n) is 5.64. The normalized spacial score (nSPS) is 15.5. The van der Waals surface area contributed by atoms with Gasteiger partial charge in [-0.1, -0.05) is 32.1 Å². The summed E-state index contributed by atoms with van der Waals surface area (Å²) in [5.41, 5.74) is 0. The fourth-order valence-corrected chi connectivity index (χ4v) is 2.58. The van der Waals surface area contributed by atoms with E-state index in [1.165, 1.54) is 44.9 Å². The molecule has 0 saturated carbocycles. The summed E-state index contributed by atoms with van der Waals surface area (Å²) in [5.74, 6) is 1.98. The first kappa shape index (κ1) is 23.0. The highest BCUT2D eigenvalue weighted by molar-refractivity contribution is 14.0. The maximum absolute atomic E-state index is 4.32. The van der Waals surface area contributed by atoms with Crippen LogP contribution in [0.3, 0.4) is 0 Å². The highest BCUT2D eigenvalue weighted by atomic mass is 127. The van der Waals surface area contributed by atoms with Crippen molar-refractivity contribution in [3.05, 3.63) is 0 Å². The molecule has 0 unspecified atom stereocenters. The van der Waals surface area contributed by atoms with E-state index in [-0.39, 0.29) is 48.0 Å². The van der Waals surface area contributed by atoms with Gasteiger partial charge in [0.05, 0.1) is 13.1 Å². The lowest BCUT2D eigenvalue weighted by Crippen LogP contribution is -2.34. The first-order valence-corrected chi connectivity index (χ1v) is 8.49. The summed E-state index contributed by atoms with van der Waals surface area (Å²) >= 11 is 0. The van der Waals surface area contributed by atoms with Crippen LogP contribution < -0.4 is 21.3 Å². The molecule has 0 amide bonds. The molecule has 2 rings (SSSR count). The van der Waals surface area contributed by atoms with E-state index in [4.69, 9.17) is 0 Å². The van der Waals surface area contributed by atoms with Crippen LogP contribution in [0.25, 0.3) is 0 Å². The smallest absolute Gasteiger partial charge is 0.191 e. The Morgan fingerprint density at radius 3 is 1.39 bits per heavy atom. The van der Waals surface area contributed by atoms with Crippen molar-refractivity contribution in [2.45, 2.75) is 44.9 Å². The molecule has 0 aromatic rings. The molecular weight excluding hydrogens is 518 g/mol. The Bertz CT molecular complexity index is 317. The van der Waals surface area contributed by atoms with Crippen LogP contribution in [0.4, 0.5) is 0 Å². The number of halogens is 2. The van der Waals surface area contributed by atoms with E-state index in [9.17, 15) is 0 Å². The van der Waals surface area contributed by atoms with E-state index in [1.807, 2.05) is 0 Å². The average Bonchev–Trinajstić information content (AvgIpc) is 3.18. The average molecular weight is 550 g/mol. The number of unbranched alkanes of at least 4 members (excludes halogenated alkanes) is 6. The largest absolute Gasteiger partial charge is 0.356 e. The minimum atomic E-state index is 0. The number of guanidine groups is 2. The molecule has 2 aliphatic rings. The van der Waals surface area contributed by atoms with Crippen LogP contribution in [0.2, 0.25) is 0 Å². The molecule has 0 atom stereocenters.